The van der Waals surface area contributed by atoms with Crippen molar-refractivity contribution in [1.82, 2.24) is 4.98 Å². The van der Waals surface area contributed by atoms with Crippen LogP contribution in [-0.2, 0) is 16.3 Å². The number of anilines is 1. The van der Waals surface area contributed by atoms with E-state index in [0.717, 1.165) is 29.7 Å². The molecule has 0 saturated heterocycles. The van der Waals surface area contributed by atoms with E-state index in [1.165, 1.54) is 12.1 Å². The van der Waals surface area contributed by atoms with Gasteiger partial charge in [0, 0.05) is 0 Å². The number of pyridine rings is 1. The van der Waals surface area contributed by atoms with E-state index < -0.39 is 14.6 Å². The first-order valence-electron chi connectivity index (χ1n) is 7.94. The van der Waals surface area contributed by atoms with E-state index in [-0.39, 0.29) is 16.9 Å². The molecule has 24 heavy (non-hydrogen) atoms. The van der Waals surface area contributed by atoms with Crippen LogP contribution in [0.25, 0.3) is 0 Å². The molecule has 6 heteroatoms. The van der Waals surface area contributed by atoms with E-state index in [0.29, 0.717) is 0 Å². The van der Waals surface area contributed by atoms with E-state index in [9.17, 15) is 12.8 Å². The third-order valence-corrected chi connectivity index (χ3v) is 6.75. The van der Waals surface area contributed by atoms with Crippen molar-refractivity contribution in [1.29, 1.82) is 0 Å². The SMILES string of the molecule is CC(C)(C)S(=O)(=O)c1ccc(NC2CCc3cc(F)ccc32)cn1. The molecular formula is C18H21FN2O2S. The minimum atomic E-state index is -3.45. The van der Waals surface area contributed by atoms with Crippen LogP contribution in [0.4, 0.5) is 10.1 Å². The molecule has 1 aromatic carbocycles. The first kappa shape index (κ1) is 16.9. The van der Waals surface area contributed by atoms with Gasteiger partial charge in [0.25, 0.3) is 0 Å². The summed E-state index contributed by atoms with van der Waals surface area (Å²) in [6.07, 6.45) is 3.25. The lowest BCUT2D eigenvalue weighted by Crippen LogP contribution is -2.28. The van der Waals surface area contributed by atoms with Gasteiger partial charge in [-0.15, -0.1) is 0 Å². The number of halogens is 1. The molecule has 0 radical (unpaired) electrons. The van der Waals surface area contributed by atoms with E-state index in [2.05, 4.69) is 10.3 Å². The molecule has 1 aromatic heterocycles. The molecule has 128 valence electrons. The largest absolute Gasteiger partial charge is 0.377 e. The molecule has 0 bridgehead atoms. The summed E-state index contributed by atoms with van der Waals surface area (Å²) in [5.41, 5.74) is 2.86. The van der Waals surface area contributed by atoms with Crippen molar-refractivity contribution >= 4 is 15.5 Å². The van der Waals surface area contributed by atoms with Crippen LogP contribution in [0.1, 0.15) is 44.4 Å². The Hall–Kier alpha value is -1.95. The lowest BCUT2D eigenvalue weighted by Gasteiger charge is -2.19. The highest BCUT2D eigenvalue weighted by molar-refractivity contribution is 7.92. The first-order valence-corrected chi connectivity index (χ1v) is 9.42. The Balaban J connectivity index is 1.80. The number of aryl methyl sites for hydroxylation is 1. The average molecular weight is 348 g/mol. The summed E-state index contributed by atoms with van der Waals surface area (Å²) in [7, 11) is -3.45. The van der Waals surface area contributed by atoms with Crippen molar-refractivity contribution in [2.75, 3.05) is 5.32 Å². The fourth-order valence-electron chi connectivity index (χ4n) is 2.88. The second-order valence-corrected chi connectivity index (χ2v) is 9.73. The smallest absolute Gasteiger partial charge is 0.200 e. The zero-order valence-corrected chi connectivity index (χ0v) is 14.8. The van der Waals surface area contributed by atoms with E-state index in [1.54, 1.807) is 45.2 Å². The molecular weight excluding hydrogens is 327 g/mol. The molecule has 0 spiro atoms. The van der Waals surface area contributed by atoms with Gasteiger partial charge in [-0.1, -0.05) is 6.07 Å². The molecule has 0 aliphatic heterocycles. The van der Waals surface area contributed by atoms with Gasteiger partial charge in [-0.25, -0.2) is 17.8 Å². The van der Waals surface area contributed by atoms with Crippen molar-refractivity contribution in [3.05, 3.63) is 53.5 Å². The molecule has 4 nitrogen and oxygen atoms in total. The number of hydrogen-bond donors (Lipinski definition) is 1. The molecule has 3 rings (SSSR count). The van der Waals surface area contributed by atoms with Gasteiger partial charge in [-0.3, -0.25) is 0 Å². The molecule has 0 saturated carbocycles. The lowest BCUT2D eigenvalue weighted by molar-refractivity contribution is 0.556. The molecule has 1 unspecified atom stereocenters. The third-order valence-electron chi connectivity index (χ3n) is 4.34. The number of hydrogen-bond acceptors (Lipinski definition) is 4. The Kier molecular flexibility index (Phi) is 4.11. The molecule has 2 aromatic rings. The molecule has 1 N–H and O–H groups in total. The van der Waals surface area contributed by atoms with Crippen LogP contribution in [0.5, 0.6) is 0 Å². The van der Waals surface area contributed by atoms with Gasteiger partial charge in [0.2, 0.25) is 0 Å². The zero-order chi connectivity index (χ0) is 17.5. The maximum atomic E-state index is 13.3. The lowest BCUT2D eigenvalue weighted by atomic mass is 10.1. The van der Waals surface area contributed by atoms with Gasteiger partial charge in [0.05, 0.1) is 22.7 Å². The molecule has 0 fully saturated rings. The normalized spacial score (nSPS) is 17.6. The highest BCUT2D eigenvalue weighted by atomic mass is 32.2. The summed E-state index contributed by atoms with van der Waals surface area (Å²) in [6, 6.07) is 8.20. The second kappa shape index (κ2) is 5.84. The van der Waals surface area contributed by atoms with Crippen molar-refractivity contribution in [3.8, 4) is 0 Å². The summed E-state index contributed by atoms with van der Waals surface area (Å²) in [6.45, 7) is 4.97. The maximum Gasteiger partial charge on any atom is 0.200 e. The van der Waals surface area contributed by atoms with Crippen molar-refractivity contribution in [3.63, 3.8) is 0 Å². The summed E-state index contributed by atoms with van der Waals surface area (Å²) < 4.78 is 37.2. The van der Waals surface area contributed by atoms with E-state index in [1.807, 2.05) is 0 Å². The van der Waals surface area contributed by atoms with Crippen LogP contribution in [0, 0.1) is 5.82 Å². The quantitative estimate of drug-likeness (QED) is 0.914. The number of nitrogens with one attached hydrogen (secondary N) is 1. The Morgan fingerprint density at radius 3 is 2.58 bits per heavy atom. The number of aromatic nitrogens is 1. The van der Waals surface area contributed by atoms with Gasteiger partial charge >= 0.3 is 0 Å². The Bertz CT molecular complexity index is 856. The monoisotopic (exact) mass is 348 g/mol. The Morgan fingerprint density at radius 1 is 1.21 bits per heavy atom. The molecule has 1 aliphatic rings. The van der Waals surface area contributed by atoms with Gasteiger partial charge in [-0.2, -0.15) is 0 Å². The predicted molar refractivity (Wildman–Crippen MR) is 92.3 cm³/mol. The Morgan fingerprint density at radius 2 is 1.96 bits per heavy atom. The Labute approximate surface area is 142 Å². The summed E-state index contributed by atoms with van der Waals surface area (Å²) in [5.74, 6) is -0.215. The van der Waals surface area contributed by atoms with Crippen molar-refractivity contribution in [2.24, 2.45) is 0 Å². The van der Waals surface area contributed by atoms with Crippen LogP contribution in [0.15, 0.2) is 41.6 Å². The fourth-order valence-corrected chi connectivity index (χ4v) is 3.94. The first-order chi connectivity index (χ1) is 11.2. The second-order valence-electron chi connectivity index (χ2n) is 7.08. The highest BCUT2D eigenvalue weighted by Gasteiger charge is 2.32. The van der Waals surface area contributed by atoms with Crippen LogP contribution < -0.4 is 5.32 Å². The van der Waals surface area contributed by atoms with Crippen LogP contribution >= 0.6 is 0 Å². The molecule has 1 heterocycles. The van der Waals surface area contributed by atoms with Gasteiger partial charge in [0.15, 0.2) is 14.9 Å². The van der Waals surface area contributed by atoms with Crippen LogP contribution in [0.3, 0.4) is 0 Å². The fraction of sp³-hybridized carbons (Fsp3) is 0.389. The highest BCUT2D eigenvalue weighted by Crippen LogP contribution is 2.34. The standard InChI is InChI=1S/C18H21FN2O2S/c1-18(2,3)24(22,23)17-9-6-14(11-20-17)21-16-8-4-12-10-13(19)5-7-15(12)16/h5-7,9-11,16,21H,4,8H2,1-3H3. The number of benzene rings is 1. The third kappa shape index (κ3) is 3.02. The average Bonchev–Trinajstić information content (AvgIpc) is 2.89. The van der Waals surface area contributed by atoms with Gasteiger partial charge < -0.3 is 5.32 Å². The number of nitrogens with zero attached hydrogens (tertiary/aromatic N) is 1. The van der Waals surface area contributed by atoms with Crippen LogP contribution in [0.2, 0.25) is 0 Å². The van der Waals surface area contributed by atoms with E-state index >= 15 is 0 Å². The number of rotatable bonds is 3. The summed E-state index contributed by atoms with van der Waals surface area (Å²) in [5, 5.41) is 3.43. The number of sulfone groups is 1. The van der Waals surface area contributed by atoms with Crippen molar-refractivity contribution < 1.29 is 12.8 Å². The maximum absolute atomic E-state index is 13.3. The minimum absolute atomic E-state index is 0.0782. The van der Waals surface area contributed by atoms with Gasteiger partial charge in [-0.05, 0) is 69.0 Å². The topological polar surface area (TPSA) is 59.1 Å². The predicted octanol–water partition coefficient (Wildman–Crippen LogP) is 3.89. The van der Waals surface area contributed by atoms with Crippen molar-refractivity contribution in [2.45, 2.75) is 49.4 Å². The summed E-state index contributed by atoms with van der Waals surface area (Å²) in [4.78, 5) is 4.12. The summed E-state index contributed by atoms with van der Waals surface area (Å²) >= 11 is 0. The van der Waals surface area contributed by atoms with Gasteiger partial charge in [0.1, 0.15) is 5.82 Å². The number of fused-ring (bicyclic) bond motifs is 1. The molecule has 1 atom stereocenters. The minimum Gasteiger partial charge on any atom is -0.377 e. The zero-order valence-electron chi connectivity index (χ0n) is 14.0. The molecule has 1 aliphatic carbocycles. The van der Waals surface area contributed by atoms with Crippen LogP contribution in [-0.4, -0.2) is 18.1 Å². The molecule has 0 amide bonds. The van der Waals surface area contributed by atoms with E-state index in [4.69, 9.17) is 0 Å².